The van der Waals surface area contributed by atoms with Gasteiger partial charge in [-0.05, 0) is 12.5 Å². The zero-order valence-corrected chi connectivity index (χ0v) is 8.66. The van der Waals surface area contributed by atoms with Gasteiger partial charge >= 0.3 is 11.9 Å². The van der Waals surface area contributed by atoms with Crippen molar-refractivity contribution in [2.75, 3.05) is 0 Å². The van der Waals surface area contributed by atoms with Gasteiger partial charge in [-0.2, -0.15) is 0 Å². The maximum Gasteiger partial charge on any atom is 0.344 e. The first-order valence-electron chi connectivity index (χ1n) is 4.68. The molecule has 0 aliphatic heterocycles. The number of hydrogen-bond donors (Lipinski definition) is 2. The third-order valence-electron chi connectivity index (χ3n) is 1.98. The molecule has 0 aliphatic rings. The molecule has 0 heterocycles. The van der Waals surface area contributed by atoms with E-state index in [1.807, 2.05) is 0 Å². The average Bonchev–Trinajstić information content (AvgIpc) is 2.28. The van der Waals surface area contributed by atoms with Crippen molar-refractivity contribution < 1.29 is 24.5 Å². The monoisotopic (exact) mass is 224 g/mol. The van der Waals surface area contributed by atoms with Crippen LogP contribution in [0.5, 0.6) is 0 Å². The number of carbonyl (C=O) groups excluding carboxylic acids is 1. The molecular weight excluding hydrogens is 212 g/mol. The summed E-state index contributed by atoms with van der Waals surface area (Å²) in [6, 6.07) is 8.16. The molecule has 1 aromatic carbocycles. The third kappa shape index (κ3) is 3.06. The van der Waals surface area contributed by atoms with Crippen molar-refractivity contribution in [2.24, 2.45) is 0 Å². The second-order valence-corrected chi connectivity index (χ2v) is 3.23. The van der Waals surface area contributed by atoms with E-state index < -0.39 is 24.1 Å². The van der Waals surface area contributed by atoms with Crippen molar-refractivity contribution in [1.29, 1.82) is 0 Å². The highest BCUT2D eigenvalue weighted by atomic mass is 16.6. The van der Waals surface area contributed by atoms with Gasteiger partial charge in [0, 0.05) is 0 Å². The molecule has 2 atom stereocenters. The van der Waals surface area contributed by atoms with Gasteiger partial charge in [0.05, 0.1) is 0 Å². The van der Waals surface area contributed by atoms with E-state index in [1.54, 1.807) is 30.3 Å². The van der Waals surface area contributed by atoms with Gasteiger partial charge in [0.2, 0.25) is 0 Å². The van der Waals surface area contributed by atoms with Gasteiger partial charge < -0.3 is 14.9 Å². The molecule has 0 amide bonds. The van der Waals surface area contributed by atoms with Gasteiger partial charge in [-0.15, -0.1) is 0 Å². The largest absolute Gasteiger partial charge is 0.479 e. The van der Waals surface area contributed by atoms with Crippen molar-refractivity contribution >= 4 is 11.9 Å². The fourth-order valence-corrected chi connectivity index (χ4v) is 1.06. The lowest BCUT2D eigenvalue weighted by Gasteiger charge is -2.13. The molecule has 16 heavy (non-hydrogen) atoms. The van der Waals surface area contributed by atoms with Crippen LogP contribution in [0.3, 0.4) is 0 Å². The summed E-state index contributed by atoms with van der Waals surface area (Å²) in [7, 11) is 0. The first-order valence-corrected chi connectivity index (χ1v) is 4.68. The van der Waals surface area contributed by atoms with Gasteiger partial charge in [-0.3, -0.25) is 0 Å². The third-order valence-corrected chi connectivity index (χ3v) is 1.98. The van der Waals surface area contributed by atoms with E-state index in [9.17, 15) is 14.7 Å². The lowest BCUT2D eigenvalue weighted by Crippen LogP contribution is -2.26. The lowest BCUT2D eigenvalue weighted by atomic mass is 10.1. The van der Waals surface area contributed by atoms with Crippen LogP contribution in [0, 0.1) is 0 Å². The Morgan fingerprint density at radius 3 is 2.31 bits per heavy atom. The molecule has 0 aliphatic carbocycles. The molecule has 86 valence electrons. The summed E-state index contributed by atoms with van der Waals surface area (Å²) in [4.78, 5) is 21.8. The van der Waals surface area contributed by atoms with Crippen molar-refractivity contribution in [3.63, 3.8) is 0 Å². The van der Waals surface area contributed by atoms with Crippen molar-refractivity contribution in [3.05, 3.63) is 35.9 Å². The van der Waals surface area contributed by atoms with E-state index in [2.05, 4.69) is 4.74 Å². The number of aliphatic carboxylic acids is 1. The summed E-state index contributed by atoms with van der Waals surface area (Å²) >= 11 is 0. The quantitative estimate of drug-likeness (QED) is 0.737. The molecule has 1 aromatic rings. The van der Waals surface area contributed by atoms with Crippen molar-refractivity contribution in [2.45, 2.75) is 19.1 Å². The number of ether oxygens (including phenoxy) is 1. The molecule has 0 saturated carbocycles. The van der Waals surface area contributed by atoms with Crippen LogP contribution in [0.4, 0.5) is 0 Å². The second-order valence-electron chi connectivity index (χ2n) is 3.23. The van der Waals surface area contributed by atoms with Crippen LogP contribution in [-0.4, -0.2) is 28.3 Å². The van der Waals surface area contributed by atoms with E-state index in [-0.39, 0.29) is 0 Å². The standard InChI is InChI=1S/C11H12O5/c1-7(10(13)14)16-11(15)9(12)8-5-3-2-4-6-8/h2-7,9,12H,1H3,(H,13,14). The number of benzene rings is 1. The van der Waals surface area contributed by atoms with E-state index in [0.717, 1.165) is 0 Å². The predicted octanol–water partition coefficient (Wildman–Crippen LogP) is 0.736. The van der Waals surface area contributed by atoms with Crippen LogP contribution in [0.25, 0.3) is 0 Å². The average molecular weight is 224 g/mol. The Labute approximate surface area is 92.3 Å². The maximum atomic E-state index is 11.3. The van der Waals surface area contributed by atoms with Crippen molar-refractivity contribution in [1.82, 2.24) is 0 Å². The van der Waals surface area contributed by atoms with Gasteiger partial charge in [-0.1, -0.05) is 30.3 Å². The van der Waals surface area contributed by atoms with Gasteiger partial charge in [0.25, 0.3) is 0 Å². The fraction of sp³-hybridized carbons (Fsp3) is 0.273. The van der Waals surface area contributed by atoms with Crippen LogP contribution in [0.2, 0.25) is 0 Å². The highest BCUT2D eigenvalue weighted by Crippen LogP contribution is 2.14. The minimum atomic E-state index is -1.46. The summed E-state index contributed by atoms with van der Waals surface area (Å²) in [6.07, 6.45) is -2.73. The van der Waals surface area contributed by atoms with Gasteiger partial charge in [0.15, 0.2) is 12.2 Å². The number of rotatable bonds is 4. The number of carboxylic acids is 1. The Bertz CT molecular complexity index is 373. The summed E-state index contributed by atoms with van der Waals surface area (Å²) in [5, 5.41) is 18.1. The first kappa shape index (κ1) is 12.2. The van der Waals surface area contributed by atoms with E-state index in [4.69, 9.17) is 5.11 Å². The Morgan fingerprint density at radius 1 is 1.25 bits per heavy atom. The lowest BCUT2D eigenvalue weighted by molar-refractivity contribution is -0.169. The Kier molecular flexibility index (Phi) is 4.02. The molecule has 0 spiro atoms. The Morgan fingerprint density at radius 2 is 1.81 bits per heavy atom. The fourth-order valence-electron chi connectivity index (χ4n) is 1.06. The molecule has 0 radical (unpaired) electrons. The number of esters is 1. The summed E-state index contributed by atoms with van der Waals surface area (Å²) in [5.74, 6) is -2.23. The van der Waals surface area contributed by atoms with E-state index in [1.165, 1.54) is 6.92 Å². The zero-order valence-electron chi connectivity index (χ0n) is 8.66. The molecule has 0 fully saturated rings. The van der Waals surface area contributed by atoms with E-state index >= 15 is 0 Å². The predicted molar refractivity (Wildman–Crippen MR) is 54.6 cm³/mol. The molecule has 5 nitrogen and oxygen atoms in total. The number of carboxylic acid groups (broad SMARTS) is 1. The highest BCUT2D eigenvalue weighted by molar-refractivity contribution is 5.80. The first-order chi connectivity index (χ1) is 7.52. The number of aliphatic hydroxyl groups is 1. The van der Waals surface area contributed by atoms with Crippen LogP contribution in [0.15, 0.2) is 30.3 Å². The minimum Gasteiger partial charge on any atom is -0.479 e. The Balaban J connectivity index is 2.65. The van der Waals surface area contributed by atoms with Crippen molar-refractivity contribution in [3.8, 4) is 0 Å². The smallest absolute Gasteiger partial charge is 0.344 e. The van der Waals surface area contributed by atoms with Crippen LogP contribution < -0.4 is 0 Å². The SMILES string of the molecule is CC(OC(=O)C(O)c1ccccc1)C(=O)O. The maximum absolute atomic E-state index is 11.3. The van der Waals surface area contributed by atoms with Gasteiger partial charge in [-0.25, -0.2) is 9.59 Å². The molecule has 0 bridgehead atoms. The number of aliphatic hydroxyl groups excluding tert-OH is 1. The van der Waals surface area contributed by atoms with Gasteiger partial charge in [0.1, 0.15) is 0 Å². The molecule has 5 heteroatoms. The molecular formula is C11H12O5. The molecule has 2 N–H and O–H groups in total. The molecule has 1 rings (SSSR count). The van der Waals surface area contributed by atoms with Crippen LogP contribution >= 0.6 is 0 Å². The summed E-state index contributed by atoms with van der Waals surface area (Å²) in [6.45, 7) is 1.22. The van der Waals surface area contributed by atoms with E-state index in [0.29, 0.717) is 5.56 Å². The normalized spacial score (nSPS) is 13.9. The molecule has 0 aromatic heterocycles. The zero-order chi connectivity index (χ0) is 12.1. The molecule has 0 saturated heterocycles. The van der Waals surface area contributed by atoms with Crippen LogP contribution in [-0.2, 0) is 14.3 Å². The number of carbonyl (C=O) groups is 2. The summed E-state index contributed by atoms with van der Waals surface area (Å²) < 4.78 is 4.54. The summed E-state index contributed by atoms with van der Waals surface area (Å²) in [5.41, 5.74) is 0.366. The van der Waals surface area contributed by atoms with Crippen LogP contribution in [0.1, 0.15) is 18.6 Å². The number of hydrogen-bond acceptors (Lipinski definition) is 4. The highest BCUT2D eigenvalue weighted by Gasteiger charge is 2.23. The molecule has 2 unspecified atom stereocenters. The minimum absolute atomic E-state index is 0.366. The second kappa shape index (κ2) is 5.27. The Hall–Kier alpha value is -1.88. The topological polar surface area (TPSA) is 83.8 Å².